The van der Waals surface area contributed by atoms with E-state index in [4.69, 9.17) is 0 Å². The zero-order valence-corrected chi connectivity index (χ0v) is 18.0. The van der Waals surface area contributed by atoms with Crippen molar-refractivity contribution >= 4 is 16.6 Å². The Labute approximate surface area is 173 Å². The lowest BCUT2D eigenvalue weighted by atomic mass is 10.00. The third-order valence-corrected chi connectivity index (χ3v) is 5.69. The Morgan fingerprint density at radius 2 is 1.93 bits per heavy atom. The van der Waals surface area contributed by atoms with Gasteiger partial charge in [-0.3, -0.25) is 4.90 Å². The molecule has 1 aliphatic heterocycles. The number of nitrogens with one attached hydrogen (secondary N) is 2. The first-order chi connectivity index (χ1) is 13.8. The average molecular weight is 392 g/mol. The molecule has 1 fully saturated rings. The minimum atomic E-state index is 0.0343. The van der Waals surface area contributed by atoms with Crippen LogP contribution in [0.2, 0.25) is 0 Å². The summed E-state index contributed by atoms with van der Waals surface area (Å²) in [4.78, 5) is 5.95. The van der Waals surface area contributed by atoms with Crippen molar-refractivity contribution < 1.29 is 5.11 Å². The van der Waals surface area contributed by atoms with E-state index < -0.39 is 0 Å². The number of aryl methyl sites for hydroxylation is 1. The van der Waals surface area contributed by atoms with Gasteiger partial charge in [-0.25, -0.2) is 0 Å². The van der Waals surface area contributed by atoms with Crippen LogP contribution in [0.15, 0.2) is 42.5 Å². The summed E-state index contributed by atoms with van der Waals surface area (Å²) in [6, 6.07) is 15.9. The molecule has 1 aliphatic rings. The fourth-order valence-corrected chi connectivity index (χ4v) is 4.44. The second kappa shape index (κ2) is 7.85. The van der Waals surface area contributed by atoms with Crippen molar-refractivity contribution in [2.45, 2.75) is 58.7 Å². The van der Waals surface area contributed by atoms with Crippen LogP contribution in [0.5, 0.6) is 0 Å². The lowest BCUT2D eigenvalue weighted by Crippen LogP contribution is -2.31. The van der Waals surface area contributed by atoms with Crippen LogP contribution in [0.3, 0.4) is 0 Å². The van der Waals surface area contributed by atoms with Crippen LogP contribution in [0, 0.1) is 6.92 Å². The Morgan fingerprint density at radius 3 is 2.69 bits per heavy atom. The van der Waals surface area contributed by atoms with E-state index in [1.54, 1.807) is 0 Å². The molecule has 4 nitrogen and oxygen atoms in total. The molecule has 0 amide bonds. The molecule has 3 aromatic rings. The zero-order valence-electron chi connectivity index (χ0n) is 18.0. The quantitative estimate of drug-likeness (QED) is 0.552. The van der Waals surface area contributed by atoms with E-state index in [1.165, 1.54) is 39.7 Å². The molecule has 0 spiro atoms. The second-order valence-electron chi connectivity index (χ2n) is 9.51. The maximum atomic E-state index is 9.58. The molecule has 1 atom stereocenters. The number of aromatic nitrogens is 1. The predicted molar refractivity (Wildman–Crippen MR) is 122 cm³/mol. The maximum Gasteiger partial charge on any atom is 0.0587 e. The lowest BCUT2D eigenvalue weighted by Gasteiger charge is -2.23. The van der Waals surface area contributed by atoms with E-state index in [1.807, 2.05) is 0 Å². The van der Waals surface area contributed by atoms with E-state index in [-0.39, 0.29) is 12.1 Å². The molecule has 0 saturated carbocycles. The molecule has 0 radical (unpaired) electrons. The number of aliphatic hydroxyl groups is 1. The van der Waals surface area contributed by atoms with Crippen molar-refractivity contribution in [2.75, 3.05) is 18.5 Å². The van der Waals surface area contributed by atoms with Crippen LogP contribution in [0.25, 0.3) is 22.0 Å². The van der Waals surface area contributed by atoms with Gasteiger partial charge < -0.3 is 15.4 Å². The fourth-order valence-electron chi connectivity index (χ4n) is 4.44. The van der Waals surface area contributed by atoms with Gasteiger partial charge in [0, 0.05) is 40.4 Å². The highest BCUT2D eigenvalue weighted by Crippen LogP contribution is 2.30. The number of anilines is 1. The van der Waals surface area contributed by atoms with Gasteiger partial charge in [-0.1, -0.05) is 12.1 Å². The number of hydrogen-bond acceptors (Lipinski definition) is 3. The Balaban J connectivity index is 1.61. The number of aliphatic hydroxyl groups excluding tert-OH is 1. The van der Waals surface area contributed by atoms with Crippen LogP contribution >= 0.6 is 0 Å². The standard InChI is InChI=1S/C25H33N3O/c1-17-10-19(13-21(11-17)27-25(2,3)4)18-7-8-24-20(12-18)14-22(26-24)15-28-9-5-6-23(28)16-29/h7-8,10-14,23,26-27,29H,5-6,9,15-16H2,1-4H3. The fraction of sp³-hybridized carbons (Fsp3) is 0.440. The molecule has 0 aliphatic carbocycles. The Bertz CT molecular complexity index is 999. The van der Waals surface area contributed by atoms with Crippen molar-refractivity contribution in [3.8, 4) is 11.1 Å². The number of likely N-dealkylation sites (tertiary alicyclic amines) is 1. The van der Waals surface area contributed by atoms with E-state index in [2.05, 4.69) is 85.4 Å². The SMILES string of the molecule is Cc1cc(NC(C)(C)C)cc(-c2ccc3[nH]c(CN4CCCC4CO)cc3c2)c1. The van der Waals surface area contributed by atoms with E-state index >= 15 is 0 Å². The molecule has 4 heteroatoms. The van der Waals surface area contributed by atoms with Crippen LogP contribution in [-0.2, 0) is 6.54 Å². The summed E-state index contributed by atoms with van der Waals surface area (Å²) in [5.41, 5.74) is 7.31. The summed E-state index contributed by atoms with van der Waals surface area (Å²) in [5, 5.41) is 14.4. The van der Waals surface area contributed by atoms with Crippen LogP contribution in [-0.4, -0.2) is 39.7 Å². The van der Waals surface area contributed by atoms with Crippen molar-refractivity contribution in [2.24, 2.45) is 0 Å². The topological polar surface area (TPSA) is 51.3 Å². The predicted octanol–water partition coefficient (Wildman–Crippen LogP) is 5.31. The van der Waals surface area contributed by atoms with Gasteiger partial charge in [-0.2, -0.15) is 0 Å². The Morgan fingerprint density at radius 1 is 1.10 bits per heavy atom. The summed E-state index contributed by atoms with van der Waals surface area (Å²) >= 11 is 0. The number of fused-ring (bicyclic) bond motifs is 1. The molecule has 29 heavy (non-hydrogen) atoms. The number of H-pyrrole nitrogens is 1. The highest BCUT2D eigenvalue weighted by Gasteiger charge is 2.24. The highest BCUT2D eigenvalue weighted by molar-refractivity contribution is 5.86. The second-order valence-corrected chi connectivity index (χ2v) is 9.51. The minimum Gasteiger partial charge on any atom is -0.395 e. The summed E-state index contributed by atoms with van der Waals surface area (Å²) in [5.74, 6) is 0. The molecule has 2 aromatic carbocycles. The number of nitrogens with zero attached hydrogens (tertiary/aromatic N) is 1. The summed E-state index contributed by atoms with van der Waals surface area (Å²) in [6.45, 7) is 10.9. The molecule has 1 unspecified atom stereocenters. The first-order valence-electron chi connectivity index (χ1n) is 10.7. The van der Waals surface area contributed by atoms with Gasteiger partial charge in [0.2, 0.25) is 0 Å². The number of aromatic amines is 1. The molecule has 1 aromatic heterocycles. The maximum absolute atomic E-state index is 9.58. The number of benzene rings is 2. The summed E-state index contributed by atoms with van der Waals surface area (Å²) in [6.07, 6.45) is 2.27. The van der Waals surface area contributed by atoms with E-state index in [0.29, 0.717) is 6.04 Å². The smallest absolute Gasteiger partial charge is 0.0587 e. The van der Waals surface area contributed by atoms with Crippen LogP contribution < -0.4 is 5.32 Å². The first-order valence-corrected chi connectivity index (χ1v) is 10.7. The Kier molecular flexibility index (Phi) is 5.41. The van der Waals surface area contributed by atoms with E-state index in [9.17, 15) is 5.11 Å². The molecule has 3 N–H and O–H groups in total. The summed E-state index contributed by atoms with van der Waals surface area (Å²) < 4.78 is 0. The van der Waals surface area contributed by atoms with Crippen LogP contribution in [0.4, 0.5) is 5.69 Å². The van der Waals surface area contributed by atoms with Gasteiger partial charge in [-0.15, -0.1) is 0 Å². The normalized spacial score (nSPS) is 17.9. The number of rotatable bonds is 5. The average Bonchev–Trinajstić information content (AvgIpc) is 3.25. The number of hydrogen-bond donors (Lipinski definition) is 3. The molecule has 154 valence electrons. The molecule has 0 bridgehead atoms. The van der Waals surface area contributed by atoms with Gasteiger partial charge in [-0.05, 0) is 94.1 Å². The molecular formula is C25H33N3O. The summed E-state index contributed by atoms with van der Waals surface area (Å²) in [7, 11) is 0. The van der Waals surface area contributed by atoms with Gasteiger partial charge in [0.1, 0.15) is 0 Å². The lowest BCUT2D eigenvalue weighted by molar-refractivity contribution is 0.152. The molecule has 1 saturated heterocycles. The van der Waals surface area contributed by atoms with Crippen molar-refractivity contribution in [3.05, 3.63) is 53.7 Å². The van der Waals surface area contributed by atoms with E-state index in [0.717, 1.165) is 25.2 Å². The van der Waals surface area contributed by atoms with Crippen molar-refractivity contribution in [1.29, 1.82) is 0 Å². The minimum absolute atomic E-state index is 0.0343. The Hall–Kier alpha value is -2.30. The largest absolute Gasteiger partial charge is 0.395 e. The zero-order chi connectivity index (χ0) is 20.6. The monoisotopic (exact) mass is 391 g/mol. The van der Waals surface area contributed by atoms with Crippen LogP contribution in [0.1, 0.15) is 44.9 Å². The molecular weight excluding hydrogens is 358 g/mol. The van der Waals surface area contributed by atoms with Crippen molar-refractivity contribution in [3.63, 3.8) is 0 Å². The van der Waals surface area contributed by atoms with Gasteiger partial charge in [0.05, 0.1) is 6.61 Å². The third kappa shape index (κ3) is 4.65. The molecule has 2 heterocycles. The van der Waals surface area contributed by atoms with Gasteiger partial charge in [0.25, 0.3) is 0 Å². The van der Waals surface area contributed by atoms with Gasteiger partial charge >= 0.3 is 0 Å². The first kappa shape index (κ1) is 20.0. The van der Waals surface area contributed by atoms with Crippen molar-refractivity contribution in [1.82, 2.24) is 9.88 Å². The third-order valence-electron chi connectivity index (χ3n) is 5.69. The highest BCUT2D eigenvalue weighted by atomic mass is 16.3. The molecule has 4 rings (SSSR count). The van der Waals surface area contributed by atoms with Gasteiger partial charge in [0.15, 0.2) is 0 Å².